The van der Waals surface area contributed by atoms with Crippen LogP contribution in [0.5, 0.6) is 11.5 Å². The molecule has 0 aromatic heterocycles. The Balaban J connectivity index is 1.33. The number of hydrogen-bond acceptors (Lipinski definition) is 3. The molecule has 0 unspecified atom stereocenters. The average molecular weight is 482 g/mol. The van der Waals surface area contributed by atoms with Gasteiger partial charge in [-0.15, -0.1) is 0 Å². The first-order chi connectivity index (χ1) is 17.2. The second kappa shape index (κ2) is 9.31. The van der Waals surface area contributed by atoms with Gasteiger partial charge in [0.2, 0.25) is 0 Å². The van der Waals surface area contributed by atoms with Crippen molar-refractivity contribution in [1.29, 1.82) is 0 Å². The van der Waals surface area contributed by atoms with Crippen LogP contribution in [0.15, 0.2) is 91.0 Å². The van der Waals surface area contributed by atoms with E-state index in [0.717, 1.165) is 28.5 Å². The van der Waals surface area contributed by atoms with E-state index >= 15 is 0 Å². The molecule has 4 heteroatoms. The summed E-state index contributed by atoms with van der Waals surface area (Å²) < 4.78 is 12.2. The fourth-order valence-electron chi connectivity index (χ4n) is 5.52. The third kappa shape index (κ3) is 4.15. The summed E-state index contributed by atoms with van der Waals surface area (Å²) >= 11 is 6.02. The van der Waals surface area contributed by atoms with Gasteiger partial charge in [0.15, 0.2) is 11.5 Å². The van der Waals surface area contributed by atoms with Gasteiger partial charge in [0.05, 0.1) is 12.6 Å². The molecule has 1 heterocycles. The number of fused-ring (bicyclic) bond motifs is 5. The minimum absolute atomic E-state index is 0.192. The maximum atomic E-state index is 6.16. The molecule has 3 nitrogen and oxygen atoms in total. The molecule has 0 radical (unpaired) electrons. The molecule has 2 aliphatic rings. The van der Waals surface area contributed by atoms with Gasteiger partial charge >= 0.3 is 0 Å². The lowest BCUT2D eigenvalue weighted by atomic mass is 9.76. The maximum absolute atomic E-state index is 6.16. The van der Waals surface area contributed by atoms with E-state index in [2.05, 4.69) is 66.0 Å². The molecule has 0 fully saturated rings. The van der Waals surface area contributed by atoms with E-state index < -0.39 is 0 Å². The molecular weight excluding hydrogens is 454 g/mol. The van der Waals surface area contributed by atoms with Gasteiger partial charge < -0.3 is 14.8 Å². The number of rotatable bonds is 6. The molecule has 1 aliphatic heterocycles. The van der Waals surface area contributed by atoms with Gasteiger partial charge in [-0.25, -0.2) is 0 Å². The highest BCUT2D eigenvalue weighted by molar-refractivity contribution is 6.30. The van der Waals surface area contributed by atoms with Gasteiger partial charge in [-0.1, -0.05) is 78.4 Å². The van der Waals surface area contributed by atoms with Gasteiger partial charge in [-0.2, -0.15) is 0 Å². The molecule has 0 spiro atoms. The van der Waals surface area contributed by atoms with Crippen molar-refractivity contribution >= 4 is 28.1 Å². The Labute approximate surface area is 211 Å². The highest BCUT2D eigenvalue weighted by atomic mass is 35.5. The predicted molar refractivity (Wildman–Crippen MR) is 144 cm³/mol. The first kappa shape index (κ1) is 22.1. The number of ether oxygens (including phenoxy) is 2. The normalized spacial score (nSPS) is 20.2. The van der Waals surface area contributed by atoms with E-state index in [-0.39, 0.29) is 6.04 Å². The largest absolute Gasteiger partial charge is 0.490 e. The molecule has 35 heavy (non-hydrogen) atoms. The van der Waals surface area contributed by atoms with Gasteiger partial charge in [-0.3, -0.25) is 0 Å². The molecule has 1 N–H and O–H groups in total. The maximum Gasteiger partial charge on any atom is 0.161 e. The summed E-state index contributed by atoms with van der Waals surface area (Å²) in [6, 6.07) is 27.5. The lowest BCUT2D eigenvalue weighted by molar-refractivity contribution is 0.268. The monoisotopic (exact) mass is 481 g/mol. The van der Waals surface area contributed by atoms with E-state index in [9.17, 15) is 0 Å². The number of anilines is 1. The summed E-state index contributed by atoms with van der Waals surface area (Å²) in [4.78, 5) is 0. The summed E-state index contributed by atoms with van der Waals surface area (Å²) in [5.41, 5.74) is 4.94. The molecule has 6 rings (SSSR count). The second-order valence-corrected chi connectivity index (χ2v) is 9.72. The van der Waals surface area contributed by atoms with Crippen molar-refractivity contribution in [2.24, 2.45) is 5.92 Å². The second-order valence-electron chi connectivity index (χ2n) is 9.28. The smallest absolute Gasteiger partial charge is 0.161 e. The zero-order valence-corrected chi connectivity index (χ0v) is 20.5. The highest BCUT2D eigenvalue weighted by Gasteiger charge is 2.38. The van der Waals surface area contributed by atoms with Crippen LogP contribution in [-0.4, -0.2) is 6.61 Å². The predicted octanol–water partition coefficient (Wildman–Crippen LogP) is 8.30. The zero-order chi connectivity index (χ0) is 23.8. The molecule has 0 amide bonds. The van der Waals surface area contributed by atoms with Crippen LogP contribution in [-0.2, 0) is 6.61 Å². The minimum Gasteiger partial charge on any atom is -0.490 e. The molecular formula is C31H28ClNO2. The zero-order valence-electron chi connectivity index (χ0n) is 19.7. The summed E-state index contributed by atoms with van der Waals surface area (Å²) in [5.74, 6) is 2.43. The lowest BCUT2D eigenvalue weighted by Gasteiger charge is -2.38. The van der Waals surface area contributed by atoms with Crippen molar-refractivity contribution < 1.29 is 9.47 Å². The summed E-state index contributed by atoms with van der Waals surface area (Å²) in [6.07, 6.45) is 5.79. The van der Waals surface area contributed by atoms with Crippen LogP contribution < -0.4 is 14.8 Å². The quantitative estimate of drug-likeness (QED) is 0.281. The van der Waals surface area contributed by atoms with E-state index in [1.165, 1.54) is 27.6 Å². The number of halogens is 1. The Hall–Kier alpha value is -3.43. The van der Waals surface area contributed by atoms with Crippen LogP contribution in [0.3, 0.4) is 0 Å². The molecule has 4 aromatic rings. The number of hydrogen-bond donors (Lipinski definition) is 1. The minimum atomic E-state index is 0.192. The summed E-state index contributed by atoms with van der Waals surface area (Å²) in [6.45, 7) is 3.06. The Kier molecular flexibility index (Phi) is 5.87. The number of nitrogens with one attached hydrogen (secondary N) is 1. The standard InChI is InChI=1S/C31H28ClNO2/c1-2-34-29-18-22(13-17-28(29)35-19-20-10-14-23(32)15-11-20)30-26-9-5-8-25(26)27-16-12-21-6-3-4-7-24(21)31(27)33-30/h3-8,10-18,25-26,30,33H,2,9,19H2,1H3/t25-,26-,30-/m0/s1. The van der Waals surface area contributed by atoms with E-state index in [0.29, 0.717) is 25.0 Å². The topological polar surface area (TPSA) is 30.5 Å². The average Bonchev–Trinajstić information content (AvgIpc) is 3.39. The van der Waals surface area contributed by atoms with Gasteiger partial charge in [-0.05, 0) is 65.6 Å². The van der Waals surface area contributed by atoms with E-state index in [1.54, 1.807) is 0 Å². The van der Waals surface area contributed by atoms with Crippen molar-refractivity contribution in [3.63, 3.8) is 0 Å². The van der Waals surface area contributed by atoms with E-state index in [1.807, 2.05) is 37.3 Å². The molecule has 3 atom stereocenters. The van der Waals surface area contributed by atoms with Gasteiger partial charge in [0, 0.05) is 22.0 Å². The Morgan fingerprint density at radius 3 is 2.63 bits per heavy atom. The van der Waals surface area contributed by atoms with Crippen molar-refractivity contribution in [2.45, 2.75) is 31.9 Å². The number of allylic oxidation sites excluding steroid dienone is 2. The van der Waals surface area contributed by atoms with Crippen LogP contribution >= 0.6 is 11.6 Å². The first-order valence-corrected chi connectivity index (χ1v) is 12.7. The van der Waals surface area contributed by atoms with Crippen molar-refractivity contribution in [1.82, 2.24) is 0 Å². The Bertz CT molecular complexity index is 1400. The Morgan fingerprint density at radius 1 is 0.914 bits per heavy atom. The highest BCUT2D eigenvalue weighted by Crippen LogP contribution is 2.52. The molecule has 0 saturated heterocycles. The summed E-state index contributed by atoms with van der Waals surface area (Å²) in [7, 11) is 0. The fraction of sp³-hybridized carbons (Fsp3) is 0.226. The van der Waals surface area contributed by atoms with Crippen molar-refractivity contribution in [3.8, 4) is 11.5 Å². The fourth-order valence-corrected chi connectivity index (χ4v) is 5.64. The van der Waals surface area contributed by atoms with Crippen LogP contribution in [0.25, 0.3) is 10.8 Å². The first-order valence-electron chi connectivity index (χ1n) is 12.3. The SMILES string of the molecule is CCOc1cc([C@@H]2Nc3c(ccc4ccccc34)[C@H]3C=CC[C@@H]32)ccc1OCc1ccc(Cl)cc1. The van der Waals surface area contributed by atoms with Gasteiger partial charge in [0.25, 0.3) is 0 Å². The number of benzene rings is 4. The van der Waals surface area contributed by atoms with Crippen LogP contribution in [0.2, 0.25) is 5.02 Å². The lowest BCUT2D eigenvalue weighted by Crippen LogP contribution is -2.29. The van der Waals surface area contributed by atoms with Gasteiger partial charge in [0.1, 0.15) is 6.61 Å². The van der Waals surface area contributed by atoms with Crippen molar-refractivity contribution in [2.75, 3.05) is 11.9 Å². The molecule has 4 aromatic carbocycles. The summed E-state index contributed by atoms with van der Waals surface area (Å²) in [5, 5.41) is 7.20. The molecule has 176 valence electrons. The van der Waals surface area contributed by atoms with Crippen LogP contribution in [0.4, 0.5) is 5.69 Å². The Morgan fingerprint density at radius 2 is 1.77 bits per heavy atom. The van der Waals surface area contributed by atoms with Crippen molar-refractivity contribution in [3.05, 3.63) is 113 Å². The third-order valence-electron chi connectivity index (χ3n) is 7.20. The van der Waals surface area contributed by atoms with E-state index in [4.69, 9.17) is 21.1 Å². The molecule has 0 saturated carbocycles. The van der Waals surface area contributed by atoms with Crippen LogP contribution in [0.1, 0.15) is 42.0 Å². The van der Waals surface area contributed by atoms with Crippen LogP contribution in [0, 0.1) is 5.92 Å². The molecule has 1 aliphatic carbocycles. The molecule has 0 bridgehead atoms. The third-order valence-corrected chi connectivity index (χ3v) is 7.45.